The standard InChI is InChI=1S/C25H38N8O/c1-3-4-11-27-25-29-15-22(24(31-25)30-20-6-8-21(32-34)9-7-20)23-10-5-19(14-28-23)17-33-13-12-26-18(2)16-33/h5,10,14-15,18,20-21,26H,3-4,6-9,11-13,16-17H2,1-2H3,(H2,27,29,30,31). The minimum absolute atomic E-state index is 0.0536. The van der Waals surface area contributed by atoms with Crippen molar-refractivity contribution in [1.29, 1.82) is 0 Å². The predicted molar refractivity (Wildman–Crippen MR) is 137 cm³/mol. The molecule has 9 heteroatoms. The van der Waals surface area contributed by atoms with Crippen LogP contribution in [-0.4, -0.2) is 64.2 Å². The maximum atomic E-state index is 10.9. The quantitative estimate of drug-likeness (QED) is 0.356. The van der Waals surface area contributed by atoms with Crippen molar-refractivity contribution in [2.45, 2.75) is 77.0 Å². The third-order valence-corrected chi connectivity index (χ3v) is 6.75. The zero-order valence-corrected chi connectivity index (χ0v) is 20.5. The molecular formula is C25H38N8O. The van der Waals surface area contributed by atoms with Crippen LogP contribution in [0.15, 0.2) is 29.7 Å². The van der Waals surface area contributed by atoms with Crippen LogP contribution >= 0.6 is 0 Å². The summed E-state index contributed by atoms with van der Waals surface area (Å²) in [6, 6.07) is 4.97. The third kappa shape index (κ3) is 6.70. The third-order valence-electron chi connectivity index (χ3n) is 6.75. The van der Waals surface area contributed by atoms with E-state index in [1.807, 2.05) is 12.4 Å². The molecule has 1 saturated carbocycles. The van der Waals surface area contributed by atoms with E-state index in [-0.39, 0.29) is 12.1 Å². The van der Waals surface area contributed by atoms with Gasteiger partial charge in [-0.15, -0.1) is 0 Å². The Labute approximate surface area is 202 Å². The number of piperazine rings is 1. The molecule has 4 rings (SSSR count). The molecule has 1 atom stereocenters. The lowest BCUT2D eigenvalue weighted by atomic mass is 9.91. The van der Waals surface area contributed by atoms with E-state index < -0.39 is 0 Å². The van der Waals surface area contributed by atoms with Crippen molar-refractivity contribution >= 4 is 11.8 Å². The van der Waals surface area contributed by atoms with Gasteiger partial charge in [0.25, 0.3) is 0 Å². The summed E-state index contributed by atoms with van der Waals surface area (Å²) >= 11 is 0. The molecular weight excluding hydrogens is 428 g/mol. The van der Waals surface area contributed by atoms with Gasteiger partial charge >= 0.3 is 0 Å². The van der Waals surface area contributed by atoms with Crippen molar-refractivity contribution in [2.24, 2.45) is 5.18 Å². The number of hydrogen-bond acceptors (Lipinski definition) is 9. The molecule has 2 aromatic heterocycles. The molecule has 0 spiro atoms. The average Bonchev–Trinajstić information content (AvgIpc) is 2.86. The first-order chi connectivity index (χ1) is 16.6. The summed E-state index contributed by atoms with van der Waals surface area (Å²) < 4.78 is 0. The number of aromatic nitrogens is 3. The van der Waals surface area contributed by atoms with Crippen LogP contribution in [0.2, 0.25) is 0 Å². The Balaban J connectivity index is 1.49. The van der Waals surface area contributed by atoms with Crippen LogP contribution in [0, 0.1) is 4.91 Å². The molecule has 34 heavy (non-hydrogen) atoms. The molecule has 184 valence electrons. The zero-order valence-electron chi connectivity index (χ0n) is 20.5. The summed E-state index contributed by atoms with van der Waals surface area (Å²) in [5, 5.41) is 13.7. The summed E-state index contributed by atoms with van der Waals surface area (Å²) in [6.45, 7) is 9.30. The molecule has 1 aliphatic carbocycles. The van der Waals surface area contributed by atoms with Gasteiger partial charge in [0.1, 0.15) is 5.82 Å². The summed E-state index contributed by atoms with van der Waals surface area (Å²) in [4.78, 5) is 27.5. The topological polar surface area (TPSA) is 107 Å². The summed E-state index contributed by atoms with van der Waals surface area (Å²) in [7, 11) is 0. The highest BCUT2D eigenvalue weighted by Gasteiger charge is 2.23. The lowest BCUT2D eigenvalue weighted by molar-refractivity contribution is 0.199. The van der Waals surface area contributed by atoms with Crippen LogP contribution in [0.25, 0.3) is 11.3 Å². The van der Waals surface area contributed by atoms with Gasteiger partial charge in [0, 0.05) is 57.2 Å². The van der Waals surface area contributed by atoms with Crippen molar-refractivity contribution in [3.05, 3.63) is 35.0 Å². The number of rotatable bonds is 10. The lowest BCUT2D eigenvalue weighted by Gasteiger charge is -2.31. The van der Waals surface area contributed by atoms with Crippen molar-refractivity contribution in [3.8, 4) is 11.3 Å². The van der Waals surface area contributed by atoms with Crippen LogP contribution in [0.3, 0.4) is 0 Å². The van der Waals surface area contributed by atoms with E-state index in [1.54, 1.807) is 0 Å². The van der Waals surface area contributed by atoms with E-state index in [9.17, 15) is 4.91 Å². The van der Waals surface area contributed by atoms with Crippen LogP contribution < -0.4 is 16.0 Å². The average molecular weight is 467 g/mol. The number of nitroso groups, excluding NO2 is 1. The van der Waals surface area contributed by atoms with E-state index in [0.717, 1.165) is 88.3 Å². The van der Waals surface area contributed by atoms with E-state index in [4.69, 9.17) is 9.97 Å². The molecule has 0 radical (unpaired) electrons. The van der Waals surface area contributed by atoms with Crippen molar-refractivity contribution in [3.63, 3.8) is 0 Å². The van der Waals surface area contributed by atoms with Gasteiger partial charge in [-0.05, 0) is 50.7 Å². The number of nitrogens with one attached hydrogen (secondary N) is 3. The number of unbranched alkanes of at least 4 members (excludes halogenated alkanes) is 1. The van der Waals surface area contributed by atoms with Gasteiger partial charge < -0.3 is 16.0 Å². The van der Waals surface area contributed by atoms with Gasteiger partial charge in [0.2, 0.25) is 5.95 Å². The Morgan fingerprint density at radius 2 is 2.03 bits per heavy atom. The Morgan fingerprint density at radius 1 is 1.18 bits per heavy atom. The first-order valence-corrected chi connectivity index (χ1v) is 12.8. The molecule has 1 aliphatic heterocycles. The number of anilines is 2. The zero-order chi connectivity index (χ0) is 23.8. The van der Waals surface area contributed by atoms with Gasteiger partial charge in [-0.1, -0.05) is 24.6 Å². The minimum Gasteiger partial charge on any atom is -0.367 e. The maximum Gasteiger partial charge on any atom is 0.224 e. The van der Waals surface area contributed by atoms with E-state index in [2.05, 4.69) is 57.0 Å². The Morgan fingerprint density at radius 3 is 2.74 bits per heavy atom. The molecule has 0 aromatic carbocycles. The SMILES string of the molecule is CCCCNc1ncc(-c2ccc(CN3CCNC(C)C3)cn2)c(NC2CCC(N=O)CC2)n1. The van der Waals surface area contributed by atoms with Crippen LogP contribution in [0.4, 0.5) is 11.8 Å². The maximum absolute atomic E-state index is 10.9. The fraction of sp³-hybridized carbons (Fsp3) is 0.640. The molecule has 1 unspecified atom stereocenters. The summed E-state index contributed by atoms with van der Waals surface area (Å²) in [5.74, 6) is 1.43. The Kier molecular flexibility index (Phi) is 8.76. The van der Waals surface area contributed by atoms with Crippen LogP contribution in [0.5, 0.6) is 0 Å². The lowest BCUT2D eigenvalue weighted by Crippen LogP contribution is -2.48. The van der Waals surface area contributed by atoms with Crippen molar-refractivity contribution in [2.75, 3.05) is 36.8 Å². The van der Waals surface area contributed by atoms with Crippen molar-refractivity contribution < 1.29 is 0 Å². The molecule has 0 bridgehead atoms. The molecule has 9 nitrogen and oxygen atoms in total. The molecule has 3 N–H and O–H groups in total. The number of nitrogens with zero attached hydrogens (tertiary/aromatic N) is 5. The molecule has 0 amide bonds. The first kappa shape index (κ1) is 24.5. The molecule has 2 aromatic rings. The Hall–Kier alpha value is -2.65. The minimum atomic E-state index is -0.0536. The smallest absolute Gasteiger partial charge is 0.224 e. The van der Waals surface area contributed by atoms with Gasteiger partial charge in [-0.3, -0.25) is 9.88 Å². The van der Waals surface area contributed by atoms with Gasteiger partial charge in [-0.25, -0.2) is 4.98 Å². The van der Waals surface area contributed by atoms with Gasteiger partial charge in [0.05, 0.1) is 17.3 Å². The van der Waals surface area contributed by atoms with Crippen LogP contribution in [0.1, 0.15) is 57.9 Å². The fourth-order valence-corrected chi connectivity index (χ4v) is 4.75. The second-order valence-corrected chi connectivity index (χ2v) is 9.63. The Bertz CT molecular complexity index is 914. The number of pyridine rings is 1. The highest BCUT2D eigenvalue weighted by atomic mass is 16.3. The largest absolute Gasteiger partial charge is 0.367 e. The van der Waals surface area contributed by atoms with Gasteiger partial charge in [-0.2, -0.15) is 9.89 Å². The highest BCUT2D eigenvalue weighted by Crippen LogP contribution is 2.29. The molecule has 3 heterocycles. The second kappa shape index (κ2) is 12.2. The monoisotopic (exact) mass is 466 g/mol. The van der Waals surface area contributed by atoms with Crippen molar-refractivity contribution in [1.82, 2.24) is 25.2 Å². The summed E-state index contributed by atoms with van der Waals surface area (Å²) in [5.41, 5.74) is 2.98. The number of hydrogen-bond donors (Lipinski definition) is 3. The normalized spacial score (nSPS) is 23.4. The highest BCUT2D eigenvalue weighted by molar-refractivity contribution is 5.73. The van der Waals surface area contributed by atoms with E-state index in [1.165, 1.54) is 5.56 Å². The molecule has 1 saturated heterocycles. The second-order valence-electron chi connectivity index (χ2n) is 9.63. The molecule has 2 aliphatic rings. The van der Waals surface area contributed by atoms with E-state index >= 15 is 0 Å². The first-order valence-electron chi connectivity index (χ1n) is 12.8. The van der Waals surface area contributed by atoms with E-state index in [0.29, 0.717) is 12.0 Å². The fourth-order valence-electron chi connectivity index (χ4n) is 4.75. The predicted octanol–water partition coefficient (Wildman–Crippen LogP) is 4.03. The van der Waals surface area contributed by atoms with Gasteiger partial charge in [0.15, 0.2) is 0 Å². The summed E-state index contributed by atoms with van der Waals surface area (Å²) in [6.07, 6.45) is 9.49. The molecule has 2 fully saturated rings. The van der Waals surface area contributed by atoms with Crippen LogP contribution in [-0.2, 0) is 6.54 Å².